The molecule has 6 heteroatoms. The number of nitrogens with zero attached hydrogens (tertiary/aromatic N) is 3. The van der Waals surface area contributed by atoms with E-state index in [-0.39, 0.29) is 12.2 Å². The van der Waals surface area contributed by atoms with Crippen molar-refractivity contribution in [2.75, 3.05) is 26.2 Å². The zero-order valence-electron chi connectivity index (χ0n) is 15.6. The van der Waals surface area contributed by atoms with Gasteiger partial charge in [-0.1, -0.05) is 11.8 Å². The number of aromatic amines is 1. The van der Waals surface area contributed by atoms with Gasteiger partial charge >= 0.3 is 0 Å². The molecule has 0 bridgehead atoms. The van der Waals surface area contributed by atoms with Crippen LogP contribution in [0.1, 0.15) is 30.5 Å². The summed E-state index contributed by atoms with van der Waals surface area (Å²) in [6.07, 6.45) is 3.06. The zero-order valence-corrected chi connectivity index (χ0v) is 15.6. The number of rotatable bonds is 4. The Hall–Kier alpha value is -2.62. The van der Waals surface area contributed by atoms with Gasteiger partial charge in [-0.2, -0.15) is 5.10 Å². The van der Waals surface area contributed by atoms with Crippen LogP contribution in [0.4, 0.5) is 0 Å². The monoisotopic (exact) mass is 364 g/mol. The fraction of sp³-hybridized carbons (Fsp3) is 0.429. The number of pyridine rings is 1. The first-order chi connectivity index (χ1) is 13.2. The Morgan fingerprint density at radius 1 is 1.30 bits per heavy atom. The number of hydrogen-bond donors (Lipinski definition) is 2. The van der Waals surface area contributed by atoms with Crippen molar-refractivity contribution >= 4 is 21.8 Å². The van der Waals surface area contributed by atoms with Crippen LogP contribution in [0.5, 0.6) is 0 Å². The zero-order chi connectivity index (χ0) is 18.8. The first-order valence-corrected chi connectivity index (χ1v) is 9.52. The van der Waals surface area contributed by atoms with Crippen LogP contribution in [0.2, 0.25) is 0 Å². The molecular formula is C21H24N4O2. The number of benzene rings is 1. The summed E-state index contributed by atoms with van der Waals surface area (Å²) in [6, 6.07) is 5.92. The van der Waals surface area contributed by atoms with E-state index in [1.54, 1.807) is 4.57 Å². The number of nitrogens with one attached hydrogen (secondary N) is 1. The molecule has 2 N–H and O–H groups in total. The van der Waals surface area contributed by atoms with Crippen LogP contribution in [-0.4, -0.2) is 51.0 Å². The maximum Gasteiger partial charge on any atom is 0.262 e. The van der Waals surface area contributed by atoms with Crippen LogP contribution in [0.15, 0.2) is 23.0 Å². The molecule has 2 aromatic heterocycles. The fourth-order valence-electron chi connectivity index (χ4n) is 3.81. The fourth-order valence-corrected chi connectivity index (χ4v) is 3.81. The SMILES string of the molecule is Cc1[nH]nc2c1c(=O)n(CCCO)c1ccc(C#CCN3CCCC3)cc21. The molecule has 0 radical (unpaired) electrons. The number of fused-ring (bicyclic) bond motifs is 3. The van der Waals surface area contributed by atoms with Gasteiger partial charge in [0, 0.05) is 29.8 Å². The normalized spacial score (nSPS) is 14.7. The Morgan fingerprint density at radius 2 is 2.11 bits per heavy atom. The van der Waals surface area contributed by atoms with Crippen LogP contribution in [0.3, 0.4) is 0 Å². The summed E-state index contributed by atoms with van der Waals surface area (Å²) in [5.41, 5.74) is 3.15. The van der Waals surface area contributed by atoms with Crippen LogP contribution < -0.4 is 5.56 Å². The molecule has 0 spiro atoms. The molecule has 140 valence electrons. The van der Waals surface area contributed by atoms with Crippen molar-refractivity contribution in [2.24, 2.45) is 0 Å². The number of H-pyrrole nitrogens is 1. The number of aliphatic hydroxyl groups excluding tert-OH is 1. The highest BCUT2D eigenvalue weighted by atomic mass is 16.3. The number of aliphatic hydroxyl groups is 1. The number of likely N-dealkylation sites (tertiary alicyclic amines) is 1. The van der Waals surface area contributed by atoms with Crippen LogP contribution in [0, 0.1) is 18.8 Å². The molecular weight excluding hydrogens is 340 g/mol. The summed E-state index contributed by atoms with van der Waals surface area (Å²) >= 11 is 0. The Bertz CT molecular complexity index is 1090. The van der Waals surface area contributed by atoms with Gasteiger partial charge in [-0.3, -0.25) is 14.8 Å². The Balaban J connectivity index is 1.80. The lowest BCUT2D eigenvalue weighted by Crippen LogP contribution is -2.21. The van der Waals surface area contributed by atoms with E-state index < -0.39 is 0 Å². The summed E-state index contributed by atoms with van der Waals surface area (Å²) in [5.74, 6) is 6.52. The van der Waals surface area contributed by atoms with Gasteiger partial charge in [0.1, 0.15) is 5.52 Å². The predicted octanol–water partition coefficient (Wildman–Crippen LogP) is 2.02. The lowest BCUT2D eigenvalue weighted by Gasteiger charge is -2.11. The molecule has 1 aliphatic rings. The van der Waals surface area contributed by atoms with Gasteiger partial charge in [0.15, 0.2) is 0 Å². The Labute approximate surface area is 157 Å². The smallest absolute Gasteiger partial charge is 0.262 e. The third-order valence-electron chi connectivity index (χ3n) is 5.22. The number of aryl methyl sites for hydroxylation is 2. The quantitative estimate of drug-likeness (QED) is 0.695. The van der Waals surface area contributed by atoms with Gasteiger partial charge in [-0.15, -0.1) is 0 Å². The number of aromatic nitrogens is 3. The minimum atomic E-state index is -0.0648. The first-order valence-electron chi connectivity index (χ1n) is 9.52. The Kier molecular flexibility index (Phi) is 4.97. The van der Waals surface area contributed by atoms with E-state index in [0.29, 0.717) is 23.9 Å². The molecule has 0 amide bonds. The molecule has 6 nitrogen and oxygen atoms in total. The summed E-state index contributed by atoms with van der Waals surface area (Å²) < 4.78 is 1.73. The van der Waals surface area contributed by atoms with Gasteiger partial charge in [0.2, 0.25) is 0 Å². The van der Waals surface area contributed by atoms with Crippen molar-refractivity contribution in [3.63, 3.8) is 0 Å². The van der Waals surface area contributed by atoms with Crippen molar-refractivity contribution < 1.29 is 5.11 Å². The Morgan fingerprint density at radius 3 is 2.89 bits per heavy atom. The molecule has 1 fully saturated rings. The minimum absolute atomic E-state index is 0.0520. The van der Waals surface area contributed by atoms with Crippen molar-refractivity contribution in [3.8, 4) is 11.8 Å². The van der Waals surface area contributed by atoms with E-state index >= 15 is 0 Å². The molecule has 0 atom stereocenters. The van der Waals surface area contributed by atoms with E-state index in [2.05, 4.69) is 26.9 Å². The lowest BCUT2D eigenvalue weighted by molar-refractivity contribution is 0.280. The van der Waals surface area contributed by atoms with Crippen molar-refractivity contribution in [1.29, 1.82) is 0 Å². The standard InChI is InChI=1S/C21H24N4O2/c1-15-19-20(23-22-15)17-14-16(6-4-11-24-9-2-3-10-24)7-8-18(17)25(21(19)27)12-5-13-26/h7-8,14,26H,2-3,5,9-13H2,1H3,(H,22,23). The second kappa shape index (κ2) is 7.55. The molecule has 1 aliphatic heterocycles. The predicted molar refractivity (Wildman–Crippen MR) is 107 cm³/mol. The van der Waals surface area contributed by atoms with Crippen LogP contribution in [-0.2, 0) is 6.54 Å². The summed E-state index contributed by atoms with van der Waals surface area (Å²) in [4.78, 5) is 15.3. The summed E-state index contributed by atoms with van der Waals surface area (Å²) in [7, 11) is 0. The maximum absolute atomic E-state index is 12.9. The van der Waals surface area contributed by atoms with Crippen molar-refractivity contribution in [2.45, 2.75) is 32.7 Å². The highest BCUT2D eigenvalue weighted by Crippen LogP contribution is 2.24. The highest BCUT2D eigenvalue weighted by molar-refractivity contribution is 6.04. The second-order valence-corrected chi connectivity index (χ2v) is 7.12. The average Bonchev–Trinajstić information content (AvgIpc) is 3.32. The van der Waals surface area contributed by atoms with Gasteiger partial charge in [-0.25, -0.2) is 0 Å². The first kappa shape index (κ1) is 17.8. The van der Waals surface area contributed by atoms with E-state index in [1.807, 2.05) is 25.1 Å². The lowest BCUT2D eigenvalue weighted by atomic mass is 10.1. The molecule has 0 aliphatic carbocycles. The van der Waals surface area contributed by atoms with Gasteiger partial charge in [0.05, 0.1) is 17.4 Å². The molecule has 3 heterocycles. The van der Waals surface area contributed by atoms with E-state index in [0.717, 1.165) is 41.8 Å². The van der Waals surface area contributed by atoms with E-state index in [4.69, 9.17) is 0 Å². The molecule has 0 unspecified atom stereocenters. The van der Waals surface area contributed by atoms with Gasteiger partial charge in [-0.05, 0) is 57.5 Å². The maximum atomic E-state index is 12.9. The third-order valence-corrected chi connectivity index (χ3v) is 5.22. The molecule has 1 aromatic carbocycles. The number of hydrogen-bond acceptors (Lipinski definition) is 4. The summed E-state index contributed by atoms with van der Waals surface area (Å²) in [5, 5.41) is 18.0. The average molecular weight is 364 g/mol. The van der Waals surface area contributed by atoms with Crippen LogP contribution >= 0.6 is 0 Å². The van der Waals surface area contributed by atoms with E-state index in [9.17, 15) is 9.90 Å². The largest absolute Gasteiger partial charge is 0.396 e. The minimum Gasteiger partial charge on any atom is -0.396 e. The second-order valence-electron chi connectivity index (χ2n) is 7.12. The van der Waals surface area contributed by atoms with Crippen LogP contribution in [0.25, 0.3) is 21.8 Å². The molecule has 0 saturated carbocycles. The van der Waals surface area contributed by atoms with Gasteiger partial charge < -0.3 is 9.67 Å². The van der Waals surface area contributed by atoms with Crippen molar-refractivity contribution in [3.05, 3.63) is 39.8 Å². The van der Waals surface area contributed by atoms with Gasteiger partial charge in [0.25, 0.3) is 5.56 Å². The summed E-state index contributed by atoms with van der Waals surface area (Å²) in [6.45, 7) is 5.46. The van der Waals surface area contributed by atoms with Crippen molar-refractivity contribution in [1.82, 2.24) is 19.7 Å². The highest BCUT2D eigenvalue weighted by Gasteiger charge is 2.15. The molecule has 1 saturated heterocycles. The third kappa shape index (κ3) is 3.36. The molecule has 4 rings (SSSR count). The topological polar surface area (TPSA) is 74.1 Å². The molecule has 3 aromatic rings. The molecule has 27 heavy (non-hydrogen) atoms. The van der Waals surface area contributed by atoms with E-state index in [1.165, 1.54) is 12.8 Å².